The van der Waals surface area contributed by atoms with Crippen molar-refractivity contribution in [3.05, 3.63) is 29.8 Å². The van der Waals surface area contributed by atoms with Gasteiger partial charge < -0.3 is 15.7 Å². The number of para-hydroxylation sites is 1. The maximum absolute atomic E-state index is 8.62. The minimum atomic E-state index is 0.218. The largest absolute Gasteiger partial charge is 0.492 e. The Hall–Kier alpha value is -1.75. The summed E-state index contributed by atoms with van der Waals surface area (Å²) in [6.45, 7) is 4.41. The molecule has 5 nitrogen and oxygen atoms in total. The maximum atomic E-state index is 8.62. The second-order valence-electron chi connectivity index (χ2n) is 4.57. The van der Waals surface area contributed by atoms with Gasteiger partial charge in [0.15, 0.2) is 0 Å². The van der Waals surface area contributed by atoms with Gasteiger partial charge in [0.25, 0.3) is 0 Å². The Balaban J connectivity index is 2.07. The summed E-state index contributed by atoms with van der Waals surface area (Å²) in [6.07, 6.45) is 0.554. The van der Waals surface area contributed by atoms with Crippen LogP contribution in [0.4, 0.5) is 0 Å². The zero-order valence-electron chi connectivity index (χ0n) is 10.5. The van der Waals surface area contributed by atoms with Crippen LogP contribution in [0.25, 0.3) is 0 Å². The van der Waals surface area contributed by atoms with Gasteiger partial charge in [-0.1, -0.05) is 23.4 Å². The Kier molecular flexibility index (Phi) is 4.04. The fourth-order valence-electron chi connectivity index (χ4n) is 2.19. The van der Waals surface area contributed by atoms with E-state index in [1.54, 1.807) is 0 Å². The van der Waals surface area contributed by atoms with Crippen molar-refractivity contribution >= 4 is 5.84 Å². The molecular formula is C13H19N3O2. The van der Waals surface area contributed by atoms with E-state index in [4.69, 9.17) is 15.7 Å². The van der Waals surface area contributed by atoms with Crippen LogP contribution < -0.4 is 10.5 Å². The summed E-state index contributed by atoms with van der Waals surface area (Å²) in [4.78, 5) is 2.28. The van der Waals surface area contributed by atoms with Crippen LogP contribution in [0.2, 0.25) is 0 Å². The zero-order valence-corrected chi connectivity index (χ0v) is 10.5. The molecule has 0 aliphatic carbocycles. The fourth-order valence-corrected chi connectivity index (χ4v) is 2.19. The Labute approximate surface area is 107 Å². The number of hydrogen-bond acceptors (Lipinski definition) is 4. The summed E-state index contributed by atoms with van der Waals surface area (Å²) < 4.78 is 5.71. The predicted molar refractivity (Wildman–Crippen MR) is 69.8 cm³/mol. The number of nitrogens with zero attached hydrogens (tertiary/aromatic N) is 2. The Morgan fingerprint density at radius 2 is 2.33 bits per heavy atom. The normalized spacial score (nSPS) is 18.6. The molecule has 98 valence electrons. The molecule has 3 N–H and O–H groups in total. The fraction of sp³-hybridized carbons (Fsp3) is 0.462. The first kappa shape index (κ1) is 12.7. The molecule has 1 atom stereocenters. The molecule has 0 fully saturated rings. The van der Waals surface area contributed by atoms with E-state index in [1.807, 2.05) is 18.2 Å². The van der Waals surface area contributed by atoms with Crippen molar-refractivity contribution in [2.75, 3.05) is 13.2 Å². The van der Waals surface area contributed by atoms with Crippen molar-refractivity contribution in [2.45, 2.75) is 25.9 Å². The third-order valence-corrected chi connectivity index (χ3v) is 3.24. The van der Waals surface area contributed by atoms with Crippen LogP contribution in [0.15, 0.2) is 29.4 Å². The predicted octanol–water partition coefficient (Wildman–Crippen LogP) is 1.41. The Morgan fingerprint density at radius 3 is 3.11 bits per heavy atom. The first-order valence-electron chi connectivity index (χ1n) is 6.12. The molecule has 1 unspecified atom stereocenters. The first-order chi connectivity index (χ1) is 8.70. The van der Waals surface area contributed by atoms with Gasteiger partial charge >= 0.3 is 0 Å². The number of oxime groups is 1. The van der Waals surface area contributed by atoms with Gasteiger partial charge in [0.05, 0.1) is 0 Å². The van der Waals surface area contributed by atoms with Gasteiger partial charge in [0, 0.05) is 31.1 Å². The summed E-state index contributed by atoms with van der Waals surface area (Å²) in [5.74, 6) is 1.22. The van der Waals surface area contributed by atoms with E-state index in [0.29, 0.717) is 13.0 Å². The summed E-state index contributed by atoms with van der Waals surface area (Å²) in [5, 5.41) is 11.6. The molecule has 1 aliphatic rings. The summed E-state index contributed by atoms with van der Waals surface area (Å²) >= 11 is 0. The van der Waals surface area contributed by atoms with Gasteiger partial charge in [-0.05, 0) is 13.0 Å². The second-order valence-corrected chi connectivity index (χ2v) is 4.57. The van der Waals surface area contributed by atoms with Crippen molar-refractivity contribution in [1.29, 1.82) is 0 Å². The lowest BCUT2D eigenvalue weighted by Crippen LogP contribution is -2.37. The molecule has 0 saturated heterocycles. The lowest BCUT2D eigenvalue weighted by Gasteiger charge is -2.26. The molecule has 1 heterocycles. The first-order valence-corrected chi connectivity index (χ1v) is 6.12. The highest BCUT2D eigenvalue weighted by atomic mass is 16.5. The van der Waals surface area contributed by atoms with Crippen LogP contribution in [0.3, 0.4) is 0 Å². The van der Waals surface area contributed by atoms with E-state index in [0.717, 1.165) is 18.8 Å². The quantitative estimate of drug-likeness (QED) is 0.368. The van der Waals surface area contributed by atoms with Crippen LogP contribution >= 0.6 is 0 Å². The third-order valence-electron chi connectivity index (χ3n) is 3.24. The maximum Gasteiger partial charge on any atom is 0.140 e. The number of ether oxygens (including phenoxy) is 1. The van der Waals surface area contributed by atoms with Gasteiger partial charge in [-0.2, -0.15) is 0 Å². The summed E-state index contributed by atoms with van der Waals surface area (Å²) in [6, 6.07) is 8.28. The van der Waals surface area contributed by atoms with Crippen molar-refractivity contribution in [1.82, 2.24) is 4.90 Å². The molecule has 0 bridgehead atoms. The van der Waals surface area contributed by atoms with Crippen molar-refractivity contribution < 1.29 is 9.94 Å². The van der Waals surface area contributed by atoms with Gasteiger partial charge in [-0.25, -0.2) is 0 Å². The molecule has 1 aromatic carbocycles. The molecular weight excluding hydrogens is 230 g/mol. The minimum absolute atomic E-state index is 0.218. The van der Waals surface area contributed by atoms with E-state index >= 15 is 0 Å². The third kappa shape index (κ3) is 2.92. The van der Waals surface area contributed by atoms with Gasteiger partial charge in [-0.15, -0.1) is 0 Å². The highest BCUT2D eigenvalue weighted by Gasteiger charge is 2.20. The van der Waals surface area contributed by atoms with Crippen molar-refractivity contribution in [3.8, 4) is 5.75 Å². The Morgan fingerprint density at radius 1 is 1.56 bits per heavy atom. The smallest absolute Gasteiger partial charge is 0.140 e. The lowest BCUT2D eigenvalue weighted by atomic mass is 10.1. The van der Waals surface area contributed by atoms with E-state index in [1.165, 1.54) is 5.56 Å². The molecule has 1 aliphatic heterocycles. The average Bonchev–Trinajstić information content (AvgIpc) is 2.60. The van der Waals surface area contributed by atoms with E-state index < -0.39 is 0 Å². The number of rotatable bonds is 3. The summed E-state index contributed by atoms with van der Waals surface area (Å²) in [7, 11) is 0. The lowest BCUT2D eigenvalue weighted by molar-refractivity contribution is 0.181. The molecule has 0 saturated carbocycles. The molecule has 1 aromatic rings. The van der Waals surface area contributed by atoms with Crippen LogP contribution in [0.1, 0.15) is 18.9 Å². The van der Waals surface area contributed by atoms with Gasteiger partial charge in [-0.3, -0.25) is 4.90 Å². The van der Waals surface area contributed by atoms with Crippen LogP contribution in [-0.4, -0.2) is 35.1 Å². The zero-order chi connectivity index (χ0) is 13.0. The number of amidine groups is 1. The van der Waals surface area contributed by atoms with E-state index in [-0.39, 0.29) is 11.9 Å². The topological polar surface area (TPSA) is 71.1 Å². The SMILES string of the molecule is CC(CC(N)=NO)N1CCOc2ccccc2C1. The van der Waals surface area contributed by atoms with Crippen molar-refractivity contribution in [2.24, 2.45) is 10.9 Å². The van der Waals surface area contributed by atoms with Crippen LogP contribution in [-0.2, 0) is 6.54 Å². The van der Waals surface area contributed by atoms with Crippen molar-refractivity contribution in [3.63, 3.8) is 0 Å². The number of benzene rings is 1. The molecule has 0 spiro atoms. The molecule has 0 aromatic heterocycles. The molecule has 2 rings (SSSR count). The monoisotopic (exact) mass is 249 g/mol. The van der Waals surface area contributed by atoms with Gasteiger partial charge in [0.2, 0.25) is 0 Å². The molecule has 0 amide bonds. The standard InChI is InChI=1S/C13H19N3O2/c1-10(8-13(14)15-17)16-6-7-18-12-5-3-2-4-11(12)9-16/h2-5,10,17H,6-9H2,1H3,(H2,14,15). The van der Waals surface area contributed by atoms with Crippen LogP contribution in [0, 0.1) is 0 Å². The highest BCUT2D eigenvalue weighted by molar-refractivity contribution is 5.80. The van der Waals surface area contributed by atoms with E-state index in [2.05, 4.69) is 23.0 Å². The van der Waals surface area contributed by atoms with Crippen LogP contribution in [0.5, 0.6) is 5.75 Å². The summed E-state index contributed by atoms with van der Waals surface area (Å²) in [5.41, 5.74) is 6.74. The minimum Gasteiger partial charge on any atom is -0.492 e. The molecule has 5 heteroatoms. The van der Waals surface area contributed by atoms with E-state index in [9.17, 15) is 0 Å². The molecule has 18 heavy (non-hydrogen) atoms. The second kappa shape index (κ2) is 5.73. The molecule has 0 radical (unpaired) electrons. The average molecular weight is 249 g/mol. The van der Waals surface area contributed by atoms with Gasteiger partial charge in [0.1, 0.15) is 18.2 Å². The number of fused-ring (bicyclic) bond motifs is 1. The Bertz CT molecular complexity index is 434. The number of nitrogens with two attached hydrogens (primary N) is 1. The number of hydrogen-bond donors (Lipinski definition) is 2. The highest BCUT2D eigenvalue weighted by Crippen LogP contribution is 2.23.